The number of carbonyl (C=O) groups is 1. The minimum absolute atomic E-state index is 0.0310. The summed E-state index contributed by atoms with van der Waals surface area (Å²) in [5.41, 5.74) is -3.21. The van der Waals surface area contributed by atoms with E-state index in [0.29, 0.717) is 38.5 Å². The second-order valence-electron chi connectivity index (χ2n) is 17.9. The second-order valence-corrected chi connectivity index (χ2v) is 17.9. The maximum Gasteiger partial charge on any atom is 0.311 e. The molecule has 0 aromatic rings. The fourth-order valence-corrected chi connectivity index (χ4v) is 9.64. The highest BCUT2D eigenvalue weighted by Crippen LogP contribution is 2.48. The molecule has 0 amide bonds. The number of esters is 1. The summed E-state index contributed by atoms with van der Waals surface area (Å²) < 4.78 is 45.8. The van der Waals surface area contributed by atoms with E-state index in [4.69, 9.17) is 33.2 Å². The Hall–Kier alpha value is -0.930. The number of aliphatic hydroxyl groups excluding tert-OH is 2. The van der Waals surface area contributed by atoms with Gasteiger partial charge in [0.15, 0.2) is 12.6 Å². The van der Waals surface area contributed by atoms with E-state index in [-0.39, 0.29) is 30.2 Å². The normalized spacial score (nSPS) is 49.7. The number of methoxy groups -OCH3 is 1. The number of rotatable bonds is 9. The monoisotopic (exact) mass is 744 g/mol. The second kappa shape index (κ2) is 17.1. The zero-order valence-electron chi connectivity index (χ0n) is 34.5. The predicted molar refractivity (Wildman–Crippen MR) is 196 cm³/mol. The third-order valence-electron chi connectivity index (χ3n) is 13.0. The number of carbonyl (C=O) groups excluding carboxylic acids is 1. The van der Waals surface area contributed by atoms with Crippen LogP contribution in [0.25, 0.3) is 0 Å². The van der Waals surface area contributed by atoms with E-state index in [0.717, 1.165) is 0 Å². The van der Waals surface area contributed by atoms with E-state index < -0.39 is 89.7 Å². The number of hydrogen-bond acceptors (Lipinski definition) is 12. The Morgan fingerprint density at radius 1 is 0.942 bits per heavy atom. The van der Waals surface area contributed by atoms with Crippen LogP contribution in [0.5, 0.6) is 0 Å². The summed E-state index contributed by atoms with van der Waals surface area (Å²) in [4.78, 5) is 16.4. The maximum absolute atomic E-state index is 14.3. The molecule has 5 unspecified atom stereocenters. The van der Waals surface area contributed by atoms with Crippen molar-refractivity contribution in [1.29, 1.82) is 0 Å². The largest absolute Gasteiger partial charge is 0.459 e. The van der Waals surface area contributed by atoms with Crippen molar-refractivity contribution in [3.05, 3.63) is 0 Å². The molecule has 4 aliphatic rings. The number of ether oxygens (including phenoxy) is 7. The van der Waals surface area contributed by atoms with Crippen molar-refractivity contribution in [3.8, 4) is 0 Å². The molecular formula is C40H73NO11. The van der Waals surface area contributed by atoms with Gasteiger partial charge in [-0.2, -0.15) is 0 Å². The lowest BCUT2D eigenvalue weighted by Crippen LogP contribution is -2.60. The molecule has 4 heterocycles. The fraction of sp³-hybridized carbons (Fsp3) is 0.975. The lowest BCUT2D eigenvalue weighted by molar-refractivity contribution is -0.312. The van der Waals surface area contributed by atoms with Gasteiger partial charge in [0.05, 0.1) is 53.7 Å². The van der Waals surface area contributed by atoms with Gasteiger partial charge in [0.2, 0.25) is 0 Å². The average Bonchev–Trinajstić information content (AvgIpc) is 3.38. The smallest absolute Gasteiger partial charge is 0.311 e. The molecule has 4 rings (SSSR count). The summed E-state index contributed by atoms with van der Waals surface area (Å²) in [7, 11) is 3.69. The van der Waals surface area contributed by atoms with E-state index in [1.807, 2.05) is 55.5 Å². The first-order valence-corrected chi connectivity index (χ1v) is 19.9. The molecule has 0 aromatic heterocycles. The summed E-state index contributed by atoms with van der Waals surface area (Å²) in [6, 6.07) is -0.0189. The molecule has 18 atom stereocenters. The molecule has 0 saturated carbocycles. The summed E-state index contributed by atoms with van der Waals surface area (Å²) in [6.45, 7) is 23.4. The summed E-state index contributed by atoms with van der Waals surface area (Å²) in [5, 5.41) is 35.6. The van der Waals surface area contributed by atoms with E-state index >= 15 is 0 Å². The van der Waals surface area contributed by atoms with E-state index in [9.17, 15) is 20.1 Å². The number of fused-ring (bicyclic) bond motifs is 2. The van der Waals surface area contributed by atoms with Crippen molar-refractivity contribution in [1.82, 2.24) is 4.90 Å². The molecule has 52 heavy (non-hydrogen) atoms. The van der Waals surface area contributed by atoms with Crippen molar-refractivity contribution in [3.63, 3.8) is 0 Å². The quantitative estimate of drug-likeness (QED) is 0.279. The molecule has 12 heteroatoms. The van der Waals surface area contributed by atoms with Crippen LogP contribution in [0.4, 0.5) is 0 Å². The van der Waals surface area contributed by atoms with Crippen LogP contribution >= 0.6 is 0 Å². The van der Waals surface area contributed by atoms with Crippen LogP contribution in [-0.2, 0) is 38.0 Å². The highest BCUT2D eigenvalue weighted by molar-refractivity contribution is 5.73. The Morgan fingerprint density at radius 2 is 1.60 bits per heavy atom. The zero-order valence-corrected chi connectivity index (χ0v) is 34.5. The molecule has 4 saturated heterocycles. The Morgan fingerprint density at radius 3 is 2.19 bits per heavy atom. The van der Waals surface area contributed by atoms with E-state index in [2.05, 4.69) is 25.7 Å². The van der Waals surface area contributed by atoms with Crippen molar-refractivity contribution in [2.75, 3.05) is 14.2 Å². The van der Waals surface area contributed by atoms with Crippen LogP contribution < -0.4 is 0 Å². The number of hydrogen-bond donors (Lipinski definition) is 3. The SMILES string of the molecule is CCCC1OC(=O)[C@H](C)[C@@H](OC2C[C@@](C)(OC)C[C@H](C)O2)[C@H](C)[C@@H](OC2O[C@H](C)C[C@H](N(C)C(C)C)[C@H]2O)[C@@]2(C)CC(C)C(O2)[C@@H](C)[C@@H](O)[C@]1(C)O. The predicted octanol–water partition coefficient (Wildman–Crippen LogP) is 4.82. The van der Waals surface area contributed by atoms with Gasteiger partial charge in [-0.05, 0) is 87.6 Å². The summed E-state index contributed by atoms with van der Waals surface area (Å²) >= 11 is 0. The Labute approximate surface area is 313 Å². The van der Waals surface area contributed by atoms with Gasteiger partial charge < -0.3 is 48.5 Å². The average molecular weight is 744 g/mol. The molecule has 3 N–H and O–H groups in total. The lowest BCUT2D eigenvalue weighted by atomic mass is 9.76. The molecule has 0 aromatic carbocycles. The van der Waals surface area contributed by atoms with Gasteiger partial charge in [-0.1, -0.05) is 34.1 Å². The minimum Gasteiger partial charge on any atom is -0.459 e. The molecular weight excluding hydrogens is 670 g/mol. The standard InChI is InChI=1S/C40H73NO11/c1-15-16-29-40(12,45)34(43)25(7)32-22(4)18-39(11,52-32)35(51-37-31(42)28(17-23(5)48-37)41(13)21(2)3)26(8)33(27(9)36(44)49-29)50-30-20-38(10,46-14)19-24(6)47-30/h21-35,37,42-43,45H,15-20H2,1-14H3/t22?,23-,24+,25-,26+,27-,28+,29?,30?,31-,32?,33+,34-,35-,37?,38+,39-,40-/m1/s1. The Kier molecular flexibility index (Phi) is 14.4. The summed E-state index contributed by atoms with van der Waals surface area (Å²) in [6.07, 6.45) is -3.93. The van der Waals surface area contributed by atoms with Crippen LogP contribution in [-0.4, -0.2) is 131 Å². The van der Waals surface area contributed by atoms with E-state index in [1.54, 1.807) is 21.0 Å². The van der Waals surface area contributed by atoms with Crippen molar-refractivity contribution in [2.24, 2.45) is 23.7 Å². The van der Waals surface area contributed by atoms with Crippen LogP contribution in [0, 0.1) is 23.7 Å². The number of nitrogens with zero attached hydrogens (tertiary/aromatic N) is 1. The van der Waals surface area contributed by atoms with Crippen LogP contribution in [0.15, 0.2) is 0 Å². The molecule has 0 aliphatic carbocycles. The first kappa shape index (κ1) is 43.8. The molecule has 4 fully saturated rings. The van der Waals surface area contributed by atoms with Gasteiger partial charge in [0, 0.05) is 43.9 Å². The zero-order chi connectivity index (χ0) is 39.1. The molecule has 304 valence electrons. The molecule has 2 bridgehead atoms. The van der Waals surface area contributed by atoms with Gasteiger partial charge in [0.1, 0.15) is 17.8 Å². The van der Waals surface area contributed by atoms with Crippen LogP contribution in [0.3, 0.4) is 0 Å². The minimum atomic E-state index is -1.76. The third kappa shape index (κ3) is 9.19. The number of aliphatic hydroxyl groups is 3. The highest BCUT2D eigenvalue weighted by atomic mass is 16.7. The third-order valence-corrected chi connectivity index (χ3v) is 13.0. The van der Waals surface area contributed by atoms with Gasteiger partial charge in [-0.15, -0.1) is 0 Å². The molecule has 0 radical (unpaired) electrons. The highest BCUT2D eigenvalue weighted by Gasteiger charge is 2.58. The molecule has 0 spiro atoms. The van der Waals surface area contributed by atoms with Gasteiger partial charge in [-0.3, -0.25) is 9.69 Å². The van der Waals surface area contributed by atoms with Crippen molar-refractivity contribution in [2.45, 2.75) is 212 Å². The van der Waals surface area contributed by atoms with Crippen molar-refractivity contribution >= 4 is 5.97 Å². The van der Waals surface area contributed by atoms with Gasteiger partial charge in [0.25, 0.3) is 0 Å². The van der Waals surface area contributed by atoms with Crippen LogP contribution in [0.2, 0.25) is 0 Å². The molecule has 4 aliphatic heterocycles. The van der Waals surface area contributed by atoms with Gasteiger partial charge >= 0.3 is 5.97 Å². The van der Waals surface area contributed by atoms with Crippen molar-refractivity contribution < 1.29 is 53.3 Å². The molecule has 12 nitrogen and oxygen atoms in total. The lowest BCUT2D eigenvalue weighted by Gasteiger charge is -2.48. The Bertz CT molecular complexity index is 1170. The topological polar surface area (TPSA) is 146 Å². The first-order chi connectivity index (χ1) is 24.1. The summed E-state index contributed by atoms with van der Waals surface area (Å²) in [5.74, 6) is -2.48. The fourth-order valence-electron chi connectivity index (χ4n) is 9.64. The maximum atomic E-state index is 14.3. The van der Waals surface area contributed by atoms with Crippen LogP contribution in [0.1, 0.15) is 122 Å². The number of cyclic esters (lactones) is 1. The van der Waals surface area contributed by atoms with Gasteiger partial charge in [-0.25, -0.2) is 0 Å². The first-order valence-electron chi connectivity index (χ1n) is 19.9. The number of likely N-dealkylation sites (N-methyl/N-ethyl adjacent to an activating group) is 1. The Balaban J connectivity index is 1.84. The van der Waals surface area contributed by atoms with E-state index in [1.165, 1.54) is 0 Å².